The Labute approximate surface area is 167 Å². The smallest absolute Gasteiger partial charge is 0.123 e. The molecule has 1 unspecified atom stereocenters. The van der Waals surface area contributed by atoms with Crippen molar-refractivity contribution in [2.45, 2.75) is 5.54 Å². The van der Waals surface area contributed by atoms with E-state index >= 15 is 0 Å². The number of pyridine rings is 1. The molecule has 0 aliphatic carbocycles. The molecule has 0 saturated heterocycles. The minimum Gasteiger partial charge on any atom is -0.508 e. The molecule has 4 rings (SSSR count). The second-order valence-electron chi connectivity index (χ2n) is 6.63. The van der Waals surface area contributed by atoms with Crippen LogP contribution >= 0.6 is 0 Å². The molecule has 5 nitrogen and oxygen atoms in total. The van der Waals surface area contributed by atoms with E-state index in [1.165, 1.54) is 31.4 Å². The Morgan fingerprint density at radius 1 is 1.00 bits per heavy atom. The fourth-order valence-corrected chi connectivity index (χ4v) is 3.50. The number of phenols is 2. The van der Waals surface area contributed by atoms with Gasteiger partial charge in [-0.15, -0.1) is 0 Å². The highest BCUT2D eigenvalue weighted by Crippen LogP contribution is 2.44. The maximum Gasteiger partial charge on any atom is 0.123 e. The van der Waals surface area contributed by atoms with Crippen LogP contribution in [-0.4, -0.2) is 22.3 Å². The lowest BCUT2D eigenvalue weighted by Crippen LogP contribution is -2.42. The van der Waals surface area contributed by atoms with Gasteiger partial charge >= 0.3 is 0 Å². The van der Waals surface area contributed by atoms with Crippen molar-refractivity contribution in [3.63, 3.8) is 0 Å². The molecule has 29 heavy (non-hydrogen) atoms. The number of allylic oxidation sites excluding steroid dienone is 2. The van der Waals surface area contributed by atoms with Crippen LogP contribution < -0.4 is 10.1 Å². The van der Waals surface area contributed by atoms with Gasteiger partial charge in [0.1, 0.15) is 28.6 Å². The summed E-state index contributed by atoms with van der Waals surface area (Å²) in [5, 5.41) is 24.6. The molecule has 6 heteroatoms. The first-order valence-electron chi connectivity index (χ1n) is 8.99. The molecular weight excluding hydrogens is 371 g/mol. The minimum atomic E-state index is -1.26. The van der Waals surface area contributed by atoms with Crippen LogP contribution in [0.3, 0.4) is 0 Å². The first-order chi connectivity index (χ1) is 14.0. The van der Waals surface area contributed by atoms with E-state index in [9.17, 15) is 14.6 Å². The number of nitrogens with zero attached hydrogens (tertiary/aromatic N) is 1. The summed E-state index contributed by atoms with van der Waals surface area (Å²) >= 11 is 0. The van der Waals surface area contributed by atoms with Gasteiger partial charge in [0, 0.05) is 17.3 Å². The summed E-state index contributed by atoms with van der Waals surface area (Å²) in [6, 6.07) is 14.0. The summed E-state index contributed by atoms with van der Waals surface area (Å²) in [6.07, 6.45) is 7.03. The van der Waals surface area contributed by atoms with Crippen molar-refractivity contribution in [3.8, 4) is 17.2 Å². The SMILES string of the molecule is COc1ccc(O)c(C2(c3cc(F)ccc3O)C=CC=C(c3ccccn3)N2)c1. The van der Waals surface area contributed by atoms with Gasteiger partial charge in [0.05, 0.1) is 18.5 Å². The molecule has 0 saturated carbocycles. The number of dihydropyridines is 1. The summed E-state index contributed by atoms with van der Waals surface area (Å²) in [4.78, 5) is 4.36. The summed E-state index contributed by atoms with van der Waals surface area (Å²) < 4.78 is 19.5. The molecule has 1 atom stereocenters. The molecule has 0 spiro atoms. The van der Waals surface area contributed by atoms with Gasteiger partial charge < -0.3 is 20.3 Å². The number of halogens is 1. The van der Waals surface area contributed by atoms with E-state index in [4.69, 9.17) is 4.74 Å². The van der Waals surface area contributed by atoms with E-state index in [2.05, 4.69) is 10.3 Å². The highest BCUT2D eigenvalue weighted by molar-refractivity contribution is 5.70. The van der Waals surface area contributed by atoms with Gasteiger partial charge in [-0.25, -0.2) is 4.39 Å². The molecule has 2 aromatic carbocycles. The van der Waals surface area contributed by atoms with Crippen molar-refractivity contribution >= 4 is 5.70 Å². The Morgan fingerprint density at radius 2 is 1.76 bits per heavy atom. The largest absolute Gasteiger partial charge is 0.508 e. The van der Waals surface area contributed by atoms with E-state index < -0.39 is 11.4 Å². The fraction of sp³-hybridized carbons (Fsp3) is 0.0870. The molecule has 0 amide bonds. The summed E-state index contributed by atoms with van der Waals surface area (Å²) in [6.45, 7) is 0. The zero-order valence-corrected chi connectivity index (χ0v) is 15.6. The van der Waals surface area contributed by atoms with Crippen LogP contribution in [-0.2, 0) is 5.54 Å². The van der Waals surface area contributed by atoms with Crippen molar-refractivity contribution in [3.05, 3.63) is 102 Å². The third-order valence-corrected chi connectivity index (χ3v) is 4.89. The molecular formula is C23H19FN2O3. The maximum absolute atomic E-state index is 14.2. The Kier molecular flexibility index (Phi) is 4.68. The quantitative estimate of drug-likeness (QED) is 0.626. The number of aromatic nitrogens is 1. The van der Waals surface area contributed by atoms with Crippen molar-refractivity contribution < 1.29 is 19.3 Å². The van der Waals surface area contributed by atoms with Crippen LogP contribution in [0.5, 0.6) is 17.2 Å². The van der Waals surface area contributed by atoms with Gasteiger partial charge in [0.2, 0.25) is 0 Å². The molecule has 0 radical (unpaired) electrons. The first-order valence-corrected chi connectivity index (χ1v) is 8.99. The number of rotatable bonds is 4. The maximum atomic E-state index is 14.2. The lowest BCUT2D eigenvalue weighted by molar-refractivity contribution is 0.402. The number of aromatic hydroxyl groups is 2. The standard InChI is InChI=1S/C23H19FN2O3/c1-29-16-8-10-22(28)18(14-16)23(17-13-15(24)7-9-21(17)27)11-4-6-20(26-23)19-5-2-3-12-25-19/h2-14,26-28H,1H3. The van der Waals surface area contributed by atoms with Gasteiger partial charge in [0.15, 0.2) is 0 Å². The average Bonchev–Trinajstić information content (AvgIpc) is 2.76. The van der Waals surface area contributed by atoms with Crippen molar-refractivity contribution in [2.75, 3.05) is 7.11 Å². The molecule has 0 bridgehead atoms. The number of hydrogen-bond acceptors (Lipinski definition) is 5. The topological polar surface area (TPSA) is 74.6 Å². The summed E-state index contributed by atoms with van der Waals surface area (Å²) in [5.74, 6) is -0.150. The van der Waals surface area contributed by atoms with Crippen LogP contribution in [0.15, 0.2) is 79.0 Å². The number of phenolic OH excluding ortho intramolecular Hbond substituents is 2. The molecule has 2 heterocycles. The summed E-state index contributed by atoms with van der Waals surface area (Å²) in [5.41, 5.74) is 0.708. The van der Waals surface area contributed by atoms with Gasteiger partial charge in [-0.05, 0) is 60.7 Å². The minimum absolute atomic E-state index is 0.0334. The predicted molar refractivity (Wildman–Crippen MR) is 108 cm³/mol. The van der Waals surface area contributed by atoms with E-state index in [1.807, 2.05) is 24.3 Å². The summed E-state index contributed by atoms with van der Waals surface area (Å²) in [7, 11) is 1.52. The highest BCUT2D eigenvalue weighted by atomic mass is 19.1. The fourth-order valence-electron chi connectivity index (χ4n) is 3.50. The van der Waals surface area contributed by atoms with Crippen LogP contribution in [0.1, 0.15) is 16.8 Å². The number of methoxy groups -OCH3 is 1. The van der Waals surface area contributed by atoms with Crippen molar-refractivity contribution in [1.29, 1.82) is 0 Å². The number of ether oxygens (including phenoxy) is 1. The van der Waals surface area contributed by atoms with Crippen LogP contribution in [0.2, 0.25) is 0 Å². The lowest BCUT2D eigenvalue weighted by Gasteiger charge is -2.37. The zero-order valence-electron chi connectivity index (χ0n) is 15.6. The third-order valence-electron chi connectivity index (χ3n) is 4.89. The molecule has 146 valence electrons. The molecule has 1 aromatic heterocycles. The van der Waals surface area contributed by atoms with E-state index in [1.54, 1.807) is 30.5 Å². The highest BCUT2D eigenvalue weighted by Gasteiger charge is 2.39. The zero-order chi connectivity index (χ0) is 20.4. The van der Waals surface area contributed by atoms with Crippen molar-refractivity contribution in [1.82, 2.24) is 10.3 Å². The Hall–Kier alpha value is -3.80. The molecule has 1 aliphatic rings. The lowest BCUT2D eigenvalue weighted by atomic mass is 9.79. The van der Waals surface area contributed by atoms with E-state index in [-0.39, 0.29) is 17.1 Å². The molecule has 3 aromatic rings. The number of nitrogens with one attached hydrogen (secondary N) is 1. The monoisotopic (exact) mass is 390 g/mol. The Bertz CT molecular complexity index is 1110. The van der Waals surface area contributed by atoms with Gasteiger partial charge in [-0.1, -0.05) is 12.1 Å². The second-order valence-corrected chi connectivity index (χ2v) is 6.63. The van der Waals surface area contributed by atoms with Gasteiger partial charge in [0.25, 0.3) is 0 Å². The van der Waals surface area contributed by atoms with E-state index in [0.717, 1.165) is 0 Å². The van der Waals surface area contributed by atoms with Gasteiger partial charge in [-0.2, -0.15) is 0 Å². The molecule has 3 N–H and O–H groups in total. The second kappa shape index (κ2) is 7.31. The number of hydrogen-bond donors (Lipinski definition) is 3. The Balaban J connectivity index is 1.96. The van der Waals surface area contributed by atoms with Gasteiger partial charge in [-0.3, -0.25) is 4.98 Å². The van der Waals surface area contributed by atoms with Crippen molar-refractivity contribution in [2.24, 2.45) is 0 Å². The van der Waals surface area contributed by atoms with Crippen LogP contribution in [0.4, 0.5) is 4.39 Å². The van der Waals surface area contributed by atoms with E-state index in [0.29, 0.717) is 22.7 Å². The third kappa shape index (κ3) is 3.29. The van der Waals surface area contributed by atoms with Crippen LogP contribution in [0.25, 0.3) is 5.70 Å². The Morgan fingerprint density at radius 3 is 2.48 bits per heavy atom. The van der Waals surface area contributed by atoms with Crippen LogP contribution in [0, 0.1) is 5.82 Å². The molecule has 1 aliphatic heterocycles. The first kappa shape index (κ1) is 18.6. The number of benzene rings is 2. The normalized spacial score (nSPS) is 18.1. The molecule has 0 fully saturated rings. The average molecular weight is 390 g/mol. The predicted octanol–water partition coefficient (Wildman–Crippen LogP) is 4.08.